The topological polar surface area (TPSA) is 237 Å². The zero-order valence-corrected chi connectivity index (χ0v) is 63.8. The van der Waals surface area contributed by atoms with Gasteiger partial charge in [-0.05, 0) is 37.5 Å². The van der Waals surface area contributed by atoms with Crippen molar-refractivity contribution in [2.45, 2.75) is 413 Å². The van der Waals surface area contributed by atoms with Gasteiger partial charge < -0.3 is 33.8 Å². The number of hydrogen-bond acceptors (Lipinski definition) is 15. The molecule has 0 amide bonds. The number of carbonyl (C=O) groups is 4. The highest BCUT2D eigenvalue weighted by molar-refractivity contribution is 7.47. The van der Waals surface area contributed by atoms with Crippen LogP contribution in [-0.4, -0.2) is 96.7 Å². The molecular weight excluding hydrogens is 1250 g/mol. The van der Waals surface area contributed by atoms with Gasteiger partial charge in [-0.2, -0.15) is 0 Å². The summed E-state index contributed by atoms with van der Waals surface area (Å²) in [5.41, 5.74) is 0. The van der Waals surface area contributed by atoms with E-state index in [1.807, 2.05) is 0 Å². The molecule has 0 spiro atoms. The van der Waals surface area contributed by atoms with E-state index in [4.69, 9.17) is 37.0 Å². The zero-order chi connectivity index (χ0) is 70.0. The Kier molecular flexibility index (Phi) is 66.5. The quantitative estimate of drug-likeness (QED) is 0.0222. The highest BCUT2D eigenvalue weighted by Gasteiger charge is 2.30. The van der Waals surface area contributed by atoms with Crippen LogP contribution in [-0.2, 0) is 65.4 Å². The summed E-state index contributed by atoms with van der Waals surface area (Å²) >= 11 is 0. The number of phosphoric ester groups is 2. The first kappa shape index (κ1) is 93.1. The fourth-order valence-corrected chi connectivity index (χ4v) is 13.2. The van der Waals surface area contributed by atoms with Gasteiger partial charge in [0.1, 0.15) is 19.3 Å². The lowest BCUT2D eigenvalue weighted by Gasteiger charge is -2.21. The Labute approximate surface area is 581 Å². The molecule has 0 aliphatic carbocycles. The van der Waals surface area contributed by atoms with Crippen LogP contribution in [0.2, 0.25) is 0 Å². The molecule has 0 saturated heterocycles. The number of esters is 4. The van der Waals surface area contributed by atoms with Gasteiger partial charge in [0.05, 0.1) is 26.4 Å². The molecule has 0 aromatic carbocycles. The highest BCUT2D eigenvalue weighted by atomic mass is 31.2. The van der Waals surface area contributed by atoms with Crippen molar-refractivity contribution in [3.05, 3.63) is 0 Å². The molecule has 3 unspecified atom stereocenters. The van der Waals surface area contributed by atoms with Gasteiger partial charge in [0.15, 0.2) is 12.2 Å². The second-order valence-corrected chi connectivity index (χ2v) is 31.0. The molecule has 3 N–H and O–H groups in total. The first-order valence-electron chi connectivity index (χ1n) is 39.5. The minimum absolute atomic E-state index is 0.106. The Bertz CT molecular complexity index is 1840. The lowest BCUT2D eigenvalue weighted by atomic mass is 10.00. The minimum atomic E-state index is -4.96. The van der Waals surface area contributed by atoms with Crippen LogP contribution in [0.25, 0.3) is 0 Å². The zero-order valence-electron chi connectivity index (χ0n) is 62.0. The lowest BCUT2D eigenvalue weighted by molar-refractivity contribution is -0.161. The second kappa shape index (κ2) is 67.9. The normalized spacial score (nSPS) is 14.3. The SMILES string of the molecule is CCCCCCCCCCCCCCCCCCCCCCCC(=O)O[C@H](COC(=O)CCCCCCCCCCCC(C)C)COP(=O)(O)OC[C@@H](O)COP(=O)(O)OC[C@@H](COC(=O)CCCCCCCCC(C)CC)OC(=O)CCCCCCCCCCCCCC. The molecule has 564 valence electrons. The number of aliphatic hydroxyl groups is 1. The molecule has 17 nitrogen and oxygen atoms in total. The summed E-state index contributed by atoms with van der Waals surface area (Å²) in [5, 5.41) is 10.6. The van der Waals surface area contributed by atoms with E-state index < -0.39 is 97.5 Å². The van der Waals surface area contributed by atoms with Crippen molar-refractivity contribution < 1.29 is 80.2 Å². The highest BCUT2D eigenvalue weighted by Crippen LogP contribution is 2.45. The van der Waals surface area contributed by atoms with E-state index in [0.717, 1.165) is 108 Å². The number of phosphoric acid groups is 2. The van der Waals surface area contributed by atoms with E-state index in [1.165, 1.54) is 205 Å². The Hall–Kier alpha value is -1.94. The van der Waals surface area contributed by atoms with Crippen molar-refractivity contribution in [3.8, 4) is 0 Å². The van der Waals surface area contributed by atoms with Crippen LogP contribution in [0.5, 0.6) is 0 Å². The molecule has 0 aliphatic rings. The predicted octanol–water partition coefficient (Wildman–Crippen LogP) is 22.3. The van der Waals surface area contributed by atoms with Gasteiger partial charge in [-0.15, -0.1) is 0 Å². The maximum atomic E-state index is 13.1. The summed E-state index contributed by atoms with van der Waals surface area (Å²) in [6.07, 6.45) is 55.6. The summed E-state index contributed by atoms with van der Waals surface area (Å²) in [6.45, 7) is 9.53. The Morgan fingerprint density at radius 3 is 0.800 bits per heavy atom. The molecule has 0 heterocycles. The average Bonchev–Trinajstić information content (AvgIpc) is 3.04. The van der Waals surface area contributed by atoms with Crippen LogP contribution in [0.3, 0.4) is 0 Å². The number of hydrogen-bond donors (Lipinski definition) is 3. The van der Waals surface area contributed by atoms with Crippen LogP contribution < -0.4 is 0 Å². The molecule has 0 aromatic heterocycles. The lowest BCUT2D eigenvalue weighted by Crippen LogP contribution is -2.30. The smallest absolute Gasteiger partial charge is 0.462 e. The van der Waals surface area contributed by atoms with Crippen LogP contribution in [0.4, 0.5) is 0 Å². The molecule has 0 fully saturated rings. The van der Waals surface area contributed by atoms with Gasteiger partial charge >= 0.3 is 39.5 Å². The number of carbonyl (C=O) groups excluding carboxylic acids is 4. The Morgan fingerprint density at radius 1 is 0.305 bits per heavy atom. The van der Waals surface area contributed by atoms with Gasteiger partial charge in [-0.3, -0.25) is 37.3 Å². The van der Waals surface area contributed by atoms with Crippen molar-refractivity contribution in [2.24, 2.45) is 11.8 Å². The molecule has 0 rings (SSSR count). The summed E-state index contributed by atoms with van der Waals surface area (Å²) in [4.78, 5) is 72.7. The monoisotopic (exact) mass is 1400 g/mol. The maximum absolute atomic E-state index is 13.1. The molecule has 0 aliphatic heterocycles. The molecular formula is C76H148O17P2. The number of aliphatic hydroxyl groups excluding tert-OH is 1. The molecule has 19 heteroatoms. The maximum Gasteiger partial charge on any atom is 0.472 e. The third-order valence-electron chi connectivity index (χ3n) is 18.1. The molecule has 0 saturated carbocycles. The number of ether oxygens (including phenoxy) is 4. The van der Waals surface area contributed by atoms with Gasteiger partial charge in [0, 0.05) is 25.7 Å². The van der Waals surface area contributed by atoms with E-state index in [0.29, 0.717) is 25.7 Å². The fraction of sp³-hybridized carbons (Fsp3) is 0.947. The summed E-state index contributed by atoms with van der Waals surface area (Å²) in [6, 6.07) is 0. The Morgan fingerprint density at radius 2 is 0.537 bits per heavy atom. The van der Waals surface area contributed by atoms with E-state index in [2.05, 4.69) is 41.5 Å². The van der Waals surface area contributed by atoms with Gasteiger partial charge in [-0.1, -0.05) is 343 Å². The summed E-state index contributed by atoms with van der Waals surface area (Å²) in [5.74, 6) is -0.643. The van der Waals surface area contributed by atoms with Crippen LogP contribution in [0.15, 0.2) is 0 Å². The third kappa shape index (κ3) is 69.0. The number of unbranched alkanes of at least 4 members (excludes halogenated alkanes) is 44. The summed E-state index contributed by atoms with van der Waals surface area (Å²) < 4.78 is 68.5. The second-order valence-electron chi connectivity index (χ2n) is 28.1. The van der Waals surface area contributed by atoms with E-state index >= 15 is 0 Å². The van der Waals surface area contributed by atoms with E-state index in [9.17, 15) is 43.2 Å². The van der Waals surface area contributed by atoms with Crippen molar-refractivity contribution in [2.75, 3.05) is 39.6 Å². The van der Waals surface area contributed by atoms with Crippen molar-refractivity contribution in [1.82, 2.24) is 0 Å². The van der Waals surface area contributed by atoms with Crippen molar-refractivity contribution in [1.29, 1.82) is 0 Å². The standard InChI is InChI=1S/C76H148O17P2/c1-7-10-12-14-16-18-20-22-23-24-25-26-27-28-29-30-32-36-41-49-55-61-76(81)92-71(64-86-73(78)58-52-46-39-37-33-34-38-44-50-56-68(4)5)66-90-94(82,83)88-62-70(77)63-89-95(84,85)91-67-72(65-87-74(79)59-53-47-43-42-45-51-57-69(6)9-3)93-75(80)60-54-48-40-35-31-21-19-17-15-13-11-8-2/h68-72,77H,7-67H2,1-6H3,(H,82,83)(H,84,85)/t69?,70-,71-,72-/m1/s1. The molecule has 6 atom stereocenters. The van der Waals surface area contributed by atoms with Crippen molar-refractivity contribution in [3.63, 3.8) is 0 Å². The minimum Gasteiger partial charge on any atom is -0.462 e. The predicted molar refractivity (Wildman–Crippen MR) is 386 cm³/mol. The first-order chi connectivity index (χ1) is 45.9. The van der Waals surface area contributed by atoms with Gasteiger partial charge in [0.2, 0.25) is 0 Å². The molecule has 0 bridgehead atoms. The summed E-state index contributed by atoms with van der Waals surface area (Å²) in [7, 11) is -9.91. The largest absolute Gasteiger partial charge is 0.472 e. The number of rotatable bonds is 75. The molecule has 0 aromatic rings. The molecule has 0 radical (unpaired) electrons. The van der Waals surface area contributed by atoms with Gasteiger partial charge in [0.25, 0.3) is 0 Å². The third-order valence-corrected chi connectivity index (χ3v) is 20.0. The Balaban J connectivity index is 5.19. The van der Waals surface area contributed by atoms with Crippen LogP contribution >= 0.6 is 15.6 Å². The fourth-order valence-electron chi connectivity index (χ4n) is 11.6. The van der Waals surface area contributed by atoms with Gasteiger partial charge in [-0.25, -0.2) is 9.13 Å². The van der Waals surface area contributed by atoms with Crippen molar-refractivity contribution >= 4 is 39.5 Å². The van der Waals surface area contributed by atoms with Crippen LogP contribution in [0.1, 0.15) is 395 Å². The molecule has 95 heavy (non-hydrogen) atoms. The first-order valence-corrected chi connectivity index (χ1v) is 42.5. The average molecular weight is 1400 g/mol. The van der Waals surface area contributed by atoms with Crippen LogP contribution in [0, 0.1) is 11.8 Å². The van der Waals surface area contributed by atoms with E-state index in [1.54, 1.807) is 0 Å². The van der Waals surface area contributed by atoms with E-state index in [-0.39, 0.29) is 25.7 Å².